The molecule has 0 amide bonds. The molecule has 0 spiro atoms. The summed E-state index contributed by atoms with van der Waals surface area (Å²) in [5, 5.41) is 14.8. The number of nitrogens with one attached hydrogen (secondary N) is 2. The first-order valence-electron chi connectivity index (χ1n) is 2.04. The predicted octanol–water partition coefficient (Wildman–Crippen LogP) is -0.410. The van der Waals surface area contributed by atoms with Crippen molar-refractivity contribution >= 4 is 0 Å². The summed E-state index contributed by atoms with van der Waals surface area (Å²) in [6, 6.07) is 0. The van der Waals surface area contributed by atoms with Gasteiger partial charge in [0.1, 0.15) is 12.4 Å². The van der Waals surface area contributed by atoms with Crippen LogP contribution in [0.1, 0.15) is 0 Å². The van der Waals surface area contributed by atoms with E-state index >= 15 is 0 Å². The molecule has 1 aromatic heterocycles. The Hall–Kier alpha value is -1.59. The lowest BCUT2D eigenvalue weighted by molar-refractivity contribution is -0.402. The maximum absolute atomic E-state index is 8.25. The predicted molar refractivity (Wildman–Crippen MR) is 27.7 cm³/mol. The molecule has 2 N–H and O–H groups in total. The fourth-order valence-electron chi connectivity index (χ4n) is 0.241. The standard InChI is InChI=1S/C3H4N2.NO3/c1-2-5-3-4-1;2-1(3)4/h1-3H,(H,4,5);/q;-1/p+1. The Morgan fingerprint density at radius 1 is 1.56 bits per heavy atom. The molecular weight excluding hydrogens is 126 g/mol. The number of hydrogen-bond acceptors (Lipinski definition) is 3. The van der Waals surface area contributed by atoms with Crippen LogP contribution in [0.15, 0.2) is 18.7 Å². The molecule has 0 saturated heterocycles. The second-order valence-corrected chi connectivity index (χ2v) is 1.03. The van der Waals surface area contributed by atoms with Crippen molar-refractivity contribution in [1.82, 2.24) is 4.98 Å². The molecule has 0 aliphatic rings. The SMILES string of the molecule is O=[N+]([O-])[O-].c1c[nH+]c[nH]1. The molecule has 50 valence electrons. The summed E-state index contributed by atoms with van der Waals surface area (Å²) in [7, 11) is 0. The molecule has 1 heterocycles. The van der Waals surface area contributed by atoms with E-state index in [1.165, 1.54) is 0 Å². The van der Waals surface area contributed by atoms with Crippen molar-refractivity contribution in [2.24, 2.45) is 0 Å². The van der Waals surface area contributed by atoms with Crippen molar-refractivity contribution in [3.63, 3.8) is 0 Å². The van der Waals surface area contributed by atoms with Gasteiger partial charge in [-0.2, -0.15) is 0 Å². The zero-order chi connectivity index (χ0) is 7.11. The molecule has 1 rings (SSSR count). The van der Waals surface area contributed by atoms with Crippen molar-refractivity contribution in [2.45, 2.75) is 0 Å². The first kappa shape index (κ1) is 7.41. The van der Waals surface area contributed by atoms with E-state index in [9.17, 15) is 0 Å². The van der Waals surface area contributed by atoms with Gasteiger partial charge < -0.3 is 15.3 Å². The molecule has 1 aromatic rings. The van der Waals surface area contributed by atoms with Crippen LogP contribution >= 0.6 is 0 Å². The molecule has 0 atom stereocenters. The van der Waals surface area contributed by atoms with E-state index in [-0.39, 0.29) is 0 Å². The van der Waals surface area contributed by atoms with E-state index in [1.54, 1.807) is 6.33 Å². The third-order valence-corrected chi connectivity index (χ3v) is 0.442. The van der Waals surface area contributed by atoms with E-state index in [2.05, 4.69) is 9.97 Å². The van der Waals surface area contributed by atoms with E-state index in [0.717, 1.165) is 0 Å². The van der Waals surface area contributed by atoms with Gasteiger partial charge in [0.2, 0.25) is 6.33 Å². The van der Waals surface area contributed by atoms with Crippen LogP contribution in [0, 0.1) is 15.3 Å². The molecule has 0 saturated carbocycles. The summed E-state index contributed by atoms with van der Waals surface area (Å²) >= 11 is 0. The van der Waals surface area contributed by atoms with Gasteiger partial charge in [-0.3, -0.25) is 9.97 Å². The number of imidazole rings is 1. The maximum atomic E-state index is 8.25. The third-order valence-electron chi connectivity index (χ3n) is 0.442. The summed E-state index contributed by atoms with van der Waals surface area (Å²) in [4.78, 5) is 13.9. The van der Waals surface area contributed by atoms with E-state index < -0.39 is 5.09 Å². The highest BCUT2D eigenvalue weighted by molar-refractivity contribution is 4.52. The van der Waals surface area contributed by atoms with Gasteiger partial charge in [0.15, 0.2) is 0 Å². The number of nitrogens with zero attached hydrogens (tertiary/aromatic N) is 1. The number of H-pyrrole nitrogens is 2. The van der Waals surface area contributed by atoms with Crippen LogP contribution in [0.25, 0.3) is 0 Å². The van der Waals surface area contributed by atoms with Gasteiger partial charge in [0.05, 0.1) is 5.09 Å². The minimum Gasteiger partial charge on any atom is -0.356 e. The second kappa shape index (κ2) is 4.57. The summed E-state index contributed by atoms with van der Waals surface area (Å²) in [5.74, 6) is 0. The van der Waals surface area contributed by atoms with Crippen molar-refractivity contribution in [3.05, 3.63) is 34.0 Å². The Labute approximate surface area is 50.3 Å². The van der Waals surface area contributed by atoms with Gasteiger partial charge in [-0.1, -0.05) is 0 Å². The van der Waals surface area contributed by atoms with Gasteiger partial charge in [-0.25, -0.2) is 0 Å². The van der Waals surface area contributed by atoms with Crippen LogP contribution in [-0.2, 0) is 0 Å². The molecule has 6 heteroatoms. The Kier molecular flexibility index (Phi) is 3.76. The molecule has 0 aliphatic carbocycles. The normalized spacial score (nSPS) is 7.11. The fraction of sp³-hybridized carbons (Fsp3) is 0. The van der Waals surface area contributed by atoms with Crippen LogP contribution in [0.2, 0.25) is 0 Å². The lowest BCUT2D eigenvalue weighted by Gasteiger charge is -1.74. The van der Waals surface area contributed by atoms with E-state index in [4.69, 9.17) is 15.3 Å². The van der Waals surface area contributed by atoms with Gasteiger partial charge in [-0.15, -0.1) is 0 Å². The minimum absolute atomic E-state index is 1.75. The first-order chi connectivity index (χ1) is 4.23. The zero-order valence-electron chi connectivity index (χ0n) is 4.40. The largest absolute Gasteiger partial charge is 0.356 e. The summed E-state index contributed by atoms with van der Waals surface area (Å²) < 4.78 is 0. The third kappa shape index (κ3) is 10.7. The highest BCUT2D eigenvalue weighted by Gasteiger charge is 1.65. The second-order valence-electron chi connectivity index (χ2n) is 1.03. The van der Waals surface area contributed by atoms with Crippen molar-refractivity contribution in [1.29, 1.82) is 0 Å². The number of rotatable bonds is 0. The average Bonchev–Trinajstić information content (AvgIpc) is 2.11. The summed E-state index contributed by atoms with van der Waals surface area (Å²) in [6.45, 7) is 0. The van der Waals surface area contributed by atoms with Crippen LogP contribution in [0.3, 0.4) is 0 Å². The molecule has 0 aromatic carbocycles. The molecule has 0 unspecified atom stereocenters. The topological polar surface area (TPSA) is 96.1 Å². The highest BCUT2D eigenvalue weighted by atomic mass is 16.9. The molecule has 0 bridgehead atoms. The van der Waals surface area contributed by atoms with Crippen LogP contribution in [0.4, 0.5) is 0 Å². The fourth-order valence-corrected chi connectivity index (χ4v) is 0.241. The quantitative estimate of drug-likeness (QED) is 0.382. The van der Waals surface area contributed by atoms with Gasteiger partial charge in [0, 0.05) is 0 Å². The number of hydrogen-bond donors (Lipinski definition) is 1. The Bertz CT molecular complexity index is 128. The van der Waals surface area contributed by atoms with Crippen molar-refractivity contribution in [3.8, 4) is 0 Å². The van der Waals surface area contributed by atoms with Crippen LogP contribution < -0.4 is 4.98 Å². The Morgan fingerprint density at radius 3 is 2.22 bits per heavy atom. The van der Waals surface area contributed by atoms with Crippen molar-refractivity contribution < 1.29 is 10.1 Å². The first-order valence-corrected chi connectivity index (χ1v) is 2.04. The number of aromatic amines is 2. The van der Waals surface area contributed by atoms with E-state index in [1.807, 2.05) is 12.4 Å². The lowest BCUT2D eigenvalue weighted by atomic mass is 11.0. The molecular formula is C3H5N3O3. The summed E-state index contributed by atoms with van der Waals surface area (Å²) in [6.07, 6.45) is 5.39. The zero-order valence-corrected chi connectivity index (χ0v) is 4.40. The van der Waals surface area contributed by atoms with Gasteiger partial charge in [0.25, 0.3) is 0 Å². The van der Waals surface area contributed by atoms with Gasteiger partial charge in [-0.05, 0) is 0 Å². The van der Waals surface area contributed by atoms with E-state index in [0.29, 0.717) is 0 Å². The lowest BCUT2D eigenvalue weighted by Crippen LogP contribution is -1.87. The average molecular weight is 131 g/mol. The molecule has 0 fully saturated rings. The molecule has 0 radical (unpaired) electrons. The molecule has 0 aliphatic heterocycles. The Morgan fingerprint density at radius 2 is 2.11 bits per heavy atom. The van der Waals surface area contributed by atoms with Crippen LogP contribution in [0.5, 0.6) is 0 Å². The summed E-state index contributed by atoms with van der Waals surface area (Å²) in [5.41, 5.74) is 0. The maximum Gasteiger partial charge on any atom is 0.239 e. The monoisotopic (exact) mass is 131 g/mol. The minimum atomic E-state index is -1.75. The van der Waals surface area contributed by atoms with Crippen molar-refractivity contribution in [2.75, 3.05) is 0 Å². The molecule has 9 heavy (non-hydrogen) atoms. The smallest absolute Gasteiger partial charge is 0.239 e. The highest BCUT2D eigenvalue weighted by Crippen LogP contribution is 1.53. The van der Waals surface area contributed by atoms with Gasteiger partial charge >= 0.3 is 0 Å². The molecule has 6 nitrogen and oxygen atoms in total. The Balaban J connectivity index is 0.000000148. The number of aromatic nitrogens is 2. The van der Waals surface area contributed by atoms with Crippen LogP contribution in [-0.4, -0.2) is 10.1 Å².